The molecule has 0 heterocycles. The molecule has 2 heteroatoms. The first kappa shape index (κ1) is 13.5. The van der Waals surface area contributed by atoms with Crippen LogP contribution >= 0.6 is 0 Å². The van der Waals surface area contributed by atoms with E-state index in [9.17, 15) is 0 Å². The molecule has 0 saturated heterocycles. The highest BCUT2D eigenvalue weighted by Crippen LogP contribution is 2.19. The molecule has 0 fully saturated rings. The van der Waals surface area contributed by atoms with E-state index in [2.05, 4.69) is 49.5 Å². The minimum absolute atomic E-state index is 0.812. The van der Waals surface area contributed by atoms with Gasteiger partial charge in [-0.3, -0.25) is 0 Å². The fourth-order valence-electron chi connectivity index (χ4n) is 2.11. The first-order chi connectivity index (χ1) is 9.19. The van der Waals surface area contributed by atoms with Gasteiger partial charge in [-0.15, -0.1) is 0 Å². The van der Waals surface area contributed by atoms with Crippen LogP contribution in [0.15, 0.2) is 42.5 Å². The third kappa shape index (κ3) is 3.75. The second-order valence-electron chi connectivity index (χ2n) is 4.94. The molecule has 0 saturated carbocycles. The van der Waals surface area contributed by atoms with Gasteiger partial charge in [0.1, 0.15) is 0 Å². The fraction of sp³-hybridized carbons (Fsp3) is 0.294. The zero-order valence-electron chi connectivity index (χ0n) is 11.7. The largest absolute Gasteiger partial charge is 0.397 e. The molecule has 19 heavy (non-hydrogen) atoms. The summed E-state index contributed by atoms with van der Waals surface area (Å²) in [5.74, 6) is 0. The first-order valence-electron chi connectivity index (χ1n) is 6.87. The summed E-state index contributed by atoms with van der Waals surface area (Å²) < 4.78 is 0. The second-order valence-corrected chi connectivity index (χ2v) is 4.94. The summed E-state index contributed by atoms with van der Waals surface area (Å²) in [6.45, 7) is 5.16. The number of hydrogen-bond acceptors (Lipinski definition) is 2. The molecule has 0 spiro atoms. The molecule has 0 unspecified atom stereocenters. The van der Waals surface area contributed by atoms with E-state index in [1.807, 2.05) is 12.1 Å². The molecule has 0 bridgehead atoms. The Morgan fingerprint density at radius 3 is 2.37 bits per heavy atom. The molecule has 3 N–H and O–H groups in total. The van der Waals surface area contributed by atoms with E-state index >= 15 is 0 Å². The van der Waals surface area contributed by atoms with E-state index in [0.29, 0.717) is 0 Å². The van der Waals surface area contributed by atoms with Crippen molar-refractivity contribution in [3.63, 3.8) is 0 Å². The standard InChI is InChI=1S/C17H22N2/c1-3-14-5-7-15(8-6-14)10-11-19-17-12-13(2)4-9-16(17)18/h4-9,12,19H,3,10-11,18H2,1-2H3. The molecule has 0 amide bonds. The van der Waals surface area contributed by atoms with Crippen LogP contribution in [0.3, 0.4) is 0 Å². The van der Waals surface area contributed by atoms with Crippen molar-refractivity contribution < 1.29 is 0 Å². The number of nitrogen functional groups attached to an aromatic ring is 1. The maximum Gasteiger partial charge on any atom is 0.0576 e. The third-order valence-corrected chi connectivity index (χ3v) is 3.37. The van der Waals surface area contributed by atoms with Gasteiger partial charge in [0.15, 0.2) is 0 Å². The maximum absolute atomic E-state index is 5.94. The first-order valence-corrected chi connectivity index (χ1v) is 6.87. The van der Waals surface area contributed by atoms with Crippen LogP contribution in [0.4, 0.5) is 11.4 Å². The SMILES string of the molecule is CCc1ccc(CCNc2cc(C)ccc2N)cc1. The van der Waals surface area contributed by atoms with E-state index in [-0.39, 0.29) is 0 Å². The molecule has 100 valence electrons. The highest BCUT2D eigenvalue weighted by atomic mass is 14.9. The van der Waals surface area contributed by atoms with Gasteiger partial charge in [-0.25, -0.2) is 0 Å². The Morgan fingerprint density at radius 2 is 1.68 bits per heavy atom. The second kappa shape index (κ2) is 6.28. The number of aryl methyl sites for hydroxylation is 2. The van der Waals surface area contributed by atoms with Gasteiger partial charge in [0, 0.05) is 6.54 Å². The van der Waals surface area contributed by atoms with Crippen LogP contribution in [0, 0.1) is 6.92 Å². The van der Waals surface area contributed by atoms with Crippen LogP contribution in [-0.2, 0) is 12.8 Å². The van der Waals surface area contributed by atoms with Gasteiger partial charge in [0.05, 0.1) is 11.4 Å². The van der Waals surface area contributed by atoms with Gasteiger partial charge in [0.25, 0.3) is 0 Å². The predicted molar refractivity (Wildman–Crippen MR) is 83.6 cm³/mol. The highest BCUT2D eigenvalue weighted by Gasteiger charge is 1.99. The molecule has 0 aromatic heterocycles. The fourth-order valence-corrected chi connectivity index (χ4v) is 2.11. The Morgan fingerprint density at radius 1 is 1.00 bits per heavy atom. The van der Waals surface area contributed by atoms with E-state index in [1.54, 1.807) is 0 Å². The van der Waals surface area contributed by atoms with E-state index in [0.717, 1.165) is 30.8 Å². The van der Waals surface area contributed by atoms with Crippen LogP contribution in [-0.4, -0.2) is 6.54 Å². The lowest BCUT2D eigenvalue weighted by molar-refractivity contribution is 1.01. The molecule has 0 aliphatic rings. The molecule has 2 aromatic rings. The quantitative estimate of drug-likeness (QED) is 0.797. The lowest BCUT2D eigenvalue weighted by Crippen LogP contribution is -2.07. The molecule has 2 aromatic carbocycles. The lowest BCUT2D eigenvalue weighted by atomic mass is 10.1. The number of nitrogens with one attached hydrogen (secondary N) is 1. The number of hydrogen-bond donors (Lipinski definition) is 2. The molecule has 0 aliphatic carbocycles. The van der Waals surface area contributed by atoms with Crippen molar-refractivity contribution in [3.8, 4) is 0 Å². The Labute approximate surface area is 115 Å². The van der Waals surface area contributed by atoms with Crippen molar-refractivity contribution >= 4 is 11.4 Å². The summed E-state index contributed by atoms with van der Waals surface area (Å²) in [5.41, 5.74) is 11.8. The monoisotopic (exact) mass is 254 g/mol. The van der Waals surface area contributed by atoms with Gasteiger partial charge in [-0.05, 0) is 48.6 Å². The Hall–Kier alpha value is -1.96. The summed E-state index contributed by atoms with van der Waals surface area (Å²) in [4.78, 5) is 0. The minimum Gasteiger partial charge on any atom is -0.397 e. The molecule has 0 radical (unpaired) electrons. The van der Waals surface area contributed by atoms with Crippen LogP contribution in [0.2, 0.25) is 0 Å². The van der Waals surface area contributed by atoms with E-state index in [4.69, 9.17) is 5.73 Å². The minimum atomic E-state index is 0.812. The third-order valence-electron chi connectivity index (χ3n) is 3.37. The summed E-state index contributed by atoms with van der Waals surface area (Å²) in [7, 11) is 0. The Bertz CT molecular complexity index is 529. The molecule has 2 nitrogen and oxygen atoms in total. The van der Waals surface area contributed by atoms with Crippen LogP contribution < -0.4 is 11.1 Å². The molecule has 0 aliphatic heterocycles. The number of anilines is 2. The predicted octanol–water partition coefficient (Wildman–Crippen LogP) is 3.79. The van der Waals surface area contributed by atoms with Crippen LogP contribution in [0.5, 0.6) is 0 Å². The summed E-state index contributed by atoms with van der Waals surface area (Å²) >= 11 is 0. The number of nitrogens with two attached hydrogens (primary N) is 1. The van der Waals surface area contributed by atoms with Crippen molar-refractivity contribution in [1.82, 2.24) is 0 Å². The number of rotatable bonds is 5. The van der Waals surface area contributed by atoms with Gasteiger partial charge in [-0.2, -0.15) is 0 Å². The molecular weight excluding hydrogens is 232 g/mol. The van der Waals surface area contributed by atoms with Crippen molar-refractivity contribution in [3.05, 3.63) is 59.2 Å². The van der Waals surface area contributed by atoms with Crippen molar-refractivity contribution in [1.29, 1.82) is 0 Å². The zero-order valence-corrected chi connectivity index (χ0v) is 11.7. The smallest absolute Gasteiger partial charge is 0.0576 e. The summed E-state index contributed by atoms with van der Waals surface area (Å²) in [6, 6.07) is 14.9. The van der Waals surface area contributed by atoms with Crippen LogP contribution in [0.1, 0.15) is 23.6 Å². The lowest BCUT2D eigenvalue weighted by Gasteiger charge is -2.10. The van der Waals surface area contributed by atoms with Crippen molar-refractivity contribution in [2.75, 3.05) is 17.6 Å². The Balaban J connectivity index is 1.90. The Kier molecular flexibility index (Phi) is 4.45. The average Bonchev–Trinajstić information content (AvgIpc) is 2.43. The van der Waals surface area contributed by atoms with Gasteiger partial charge in [-0.1, -0.05) is 37.3 Å². The maximum atomic E-state index is 5.94. The van der Waals surface area contributed by atoms with Gasteiger partial charge in [0.2, 0.25) is 0 Å². The molecule has 2 rings (SSSR count). The summed E-state index contributed by atoms with van der Waals surface area (Å²) in [5, 5.41) is 3.41. The van der Waals surface area contributed by atoms with E-state index in [1.165, 1.54) is 16.7 Å². The van der Waals surface area contributed by atoms with Gasteiger partial charge >= 0.3 is 0 Å². The normalized spacial score (nSPS) is 10.4. The zero-order chi connectivity index (χ0) is 13.7. The number of benzene rings is 2. The molecule has 0 atom stereocenters. The average molecular weight is 254 g/mol. The van der Waals surface area contributed by atoms with Gasteiger partial charge < -0.3 is 11.1 Å². The summed E-state index contributed by atoms with van der Waals surface area (Å²) in [6.07, 6.45) is 2.11. The molecular formula is C17H22N2. The van der Waals surface area contributed by atoms with E-state index < -0.39 is 0 Å². The van der Waals surface area contributed by atoms with Crippen LogP contribution in [0.25, 0.3) is 0 Å². The highest BCUT2D eigenvalue weighted by molar-refractivity contribution is 5.66. The topological polar surface area (TPSA) is 38.0 Å². The van der Waals surface area contributed by atoms with Crippen molar-refractivity contribution in [2.24, 2.45) is 0 Å². The van der Waals surface area contributed by atoms with Crippen molar-refractivity contribution in [2.45, 2.75) is 26.7 Å².